The quantitative estimate of drug-likeness (QED) is 0.504. The van der Waals surface area contributed by atoms with Crippen LogP contribution in [-0.2, 0) is 13.2 Å². The van der Waals surface area contributed by atoms with Crippen LogP contribution in [0.1, 0.15) is 47.9 Å². The lowest BCUT2D eigenvalue weighted by Crippen LogP contribution is -2.35. The minimum atomic E-state index is -4.59. The van der Waals surface area contributed by atoms with E-state index in [-0.39, 0.29) is 28.9 Å². The maximum Gasteiger partial charge on any atom is 0.420 e. The smallest absolute Gasteiger partial charge is 0.420 e. The van der Waals surface area contributed by atoms with Crippen molar-refractivity contribution in [3.63, 3.8) is 0 Å². The van der Waals surface area contributed by atoms with E-state index in [0.29, 0.717) is 12.1 Å². The molecular formula is C19H23F3N4O2S. The van der Waals surface area contributed by atoms with Gasteiger partial charge in [-0.25, -0.2) is 0 Å². The van der Waals surface area contributed by atoms with Gasteiger partial charge in [0.2, 0.25) is 0 Å². The molecule has 6 nitrogen and oxygen atoms in total. The Labute approximate surface area is 172 Å². The summed E-state index contributed by atoms with van der Waals surface area (Å²) in [5.41, 5.74) is 0.111. The molecule has 1 heterocycles. The second-order valence-corrected chi connectivity index (χ2v) is 6.88. The van der Waals surface area contributed by atoms with Crippen LogP contribution in [-0.4, -0.2) is 27.4 Å². The van der Waals surface area contributed by atoms with Gasteiger partial charge in [-0.1, -0.05) is 19.8 Å². The fourth-order valence-corrected chi connectivity index (χ4v) is 2.85. The normalized spacial score (nSPS) is 11.2. The Hall–Kier alpha value is -2.62. The number of hydrogen-bond acceptors (Lipinski definition) is 4. The summed E-state index contributed by atoms with van der Waals surface area (Å²) in [7, 11) is 1.60. The fraction of sp³-hybridized carbons (Fsp3) is 0.421. The van der Waals surface area contributed by atoms with Crippen LogP contribution in [0.15, 0.2) is 24.3 Å². The van der Waals surface area contributed by atoms with Crippen molar-refractivity contribution in [1.82, 2.24) is 15.1 Å². The van der Waals surface area contributed by atoms with E-state index in [4.69, 9.17) is 17.0 Å². The second kappa shape index (κ2) is 9.73. The molecule has 0 atom stereocenters. The molecule has 1 aromatic heterocycles. The number of benzene rings is 1. The fourth-order valence-electron chi connectivity index (χ4n) is 2.64. The third-order valence-corrected chi connectivity index (χ3v) is 4.21. The molecule has 2 N–H and O–H groups in total. The van der Waals surface area contributed by atoms with Crippen LogP contribution < -0.4 is 15.4 Å². The molecule has 0 fully saturated rings. The number of thiocarbonyl (C=S) groups is 1. The molecule has 0 unspecified atom stereocenters. The first-order chi connectivity index (χ1) is 13.6. The molecule has 0 aliphatic rings. The number of carbonyl (C=O) groups is 1. The van der Waals surface area contributed by atoms with Crippen LogP contribution in [0.25, 0.3) is 0 Å². The number of rotatable bonds is 7. The van der Waals surface area contributed by atoms with Crippen LogP contribution in [0.2, 0.25) is 0 Å². The first-order valence-electron chi connectivity index (χ1n) is 9.08. The van der Waals surface area contributed by atoms with Crippen molar-refractivity contribution in [2.45, 2.75) is 39.3 Å². The molecule has 0 aliphatic heterocycles. The van der Waals surface area contributed by atoms with Gasteiger partial charge in [-0.05, 0) is 49.8 Å². The third kappa shape index (κ3) is 6.45. The lowest BCUT2D eigenvalue weighted by Gasteiger charge is -2.16. The summed E-state index contributed by atoms with van der Waals surface area (Å²) < 4.78 is 46.9. The summed E-state index contributed by atoms with van der Waals surface area (Å²) in [4.78, 5) is 12.2. The number of aryl methyl sites for hydroxylation is 2. The van der Waals surface area contributed by atoms with Gasteiger partial charge in [-0.2, -0.15) is 18.3 Å². The zero-order chi connectivity index (χ0) is 21.6. The van der Waals surface area contributed by atoms with Gasteiger partial charge in [0, 0.05) is 12.7 Å². The average Bonchev–Trinajstić information content (AvgIpc) is 2.97. The van der Waals surface area contributed by atoms with Crippen molar-refractivity contribution >= 4 is 28.9 Å². The van der Waals surface area contributed by atoms with Gasteiger partial charge in [0.1, 0.15) is 11.4 Å². The summed E-state index contributed by atoms with van der Waals surface area (Å²) in [6.07, 6.45) is -2.09. The molecule has 0 spiro atoms. The van der Waals surface area contributed by atoms with Gasteiger partial charge in [-0.15, -0.1) is 0 Å². The number of amides is 1. The van der Waals surface area contributed by atoms with Crippen molar-refractivity contribution < 1.29 is 22.7 Å². The highest BCUT2D eigenvalue weighted by Crippen LogP contribution is 2.38. The molecule has 0 saturated heterocycles. The molecule has 1 aromatic carbocycles. The zero-order valence-electron chi connectivity index (χ0n) is 16.4. The highest BCUT2D eigenvalue weighted by atomic mass is 32.1. The number of ether oxygens (including phenoxy) is 1. The Morgan fingerprint density at radius 2 is 2.00 bits per heavy atom. The van der Waals surface area contributed by atoms with Gasteiger partial charge in [-0.3, -0.25) is 14.8 Å². The molecule has 1 amide bonds. The number of hydrogen-bond donors (Lipinski definition) is 2. The molecule has 10 heteroatoms. The first-order valence-corrected chi connectivity index (χ1v) is 9.49. The van der Waals surface area contributed by atoms with E-state index in [1.807, 2.05) is 6.92 Å². The van der Waals surface area contributed by atoms with Crippen molar-refractivity contribution in [2.24, 2.45) is 7.05 Å². The Bertz CT molecular complexity index is 881. The lowest BCUT2D eigenvalue weighted by molar-refractivity contribution is -0.138. The largest absolute Gasteiger partial charge is 0.493 e. The van der Waals surface area contributed by atoms with E-state index in [1.165, 1.54) is 16.8 Å². The second-order valence-electron chi connectivity index (χ2n) is 6.47. The number of carbonyl (C=O) groups excluding carboxylic acids is 1. The van der Waals surface area contributed by atoms with Crippen LogP contribution >= 0.6 is 12.2 Å². The number of halogens is 3. The Kier molecular flexibility index (Phi) is 7.60. The zero-order valence-corrected chi connectivity index (χ0v) is 17.2. The van der Waals surface area contributed by atoms with Crippen LogP contribution in [0.5, 0.6) is 5.75 Å². The molecule has 29 heavy (non-hydrogen) atoms. The number of aromatic nitrogens is 2. The van der Waals surface area contributed by atoms with Crippen LogP contribution in [0.4, 0.5) is 18.9 Å². The molecule has 2 rings (SSSR count). The highest BCUT2D eigenvalue weighted by molar-refractivity contribution is 7.80. The highest BCUT2D eigenvalue weighted by Gasteiger charge is 2.34. The lowest BCUT2D eigenvalue weighted by atomic mass is 10.1. The topological polar surface area (TPSA) is 68.2 Å². The molecule has 0 radical (unpaired) electrons. The summed E-state index contributed by atoms with van der Waals surface area (Å²) in [6, 6.07) is 5.13. The number of anilines is 1. The van der Waals surface area contributed by atoms with E-state index in [0.717, 1.165) is 18.9 Å². The Morgan fingerprint density at radius 1 is 1.28 bits per heavy atom. The molecule has 0 saturated carbocycles. The SMILES string of the molecule is CCCCCOc1ccc(NC(=S)NC(=O)c2cc(C)nn2C)cc1C(F)(F)F. The van der Waals surface area contributed by atoms with Crippen LogP contribution in [0, 0.1) is 6.92 Å². The van der Waals surface area contributed by atoms with Crippen molar-refractivity contribution in [1.29, 1.82) is 0 Å². The van der Waals surface area contributed by atoms with Gasteiger partial charge in [0.15, 0.2) is 5.11 Å². The molecule has 2 aromatic rings. The summed E-state index contributed by atoms with van der Waals surface area (Å²) in [5, 5.41) is 8.96. The summed E-state index contributed by atoms with van der Waals surface area (Å²) in [6.45, 7) is 3.94. The molecule has 0 aliphatic carbocycles. The van der Waals surface area contributed by atoms with Gasteiger partial charge >= 0.3 is 6.18 Å². The third-order valence-electron chi connectivity index (χ3n) is 4.01. The molecular weight excluding hydrogens is 405 g/mol. The van der Waals surface area contributed by atoms with E-state index < -0.39 is 17.6 Å². The Balaban J connectivity index is 2.08. The van der Waals surface area contributed by atoms with E-state index in [1.54, 1.807) is 20.0 Å². The minimum absolute atomic E-state index is 0.0877. The Morgan fingerprint density at radius 3 is 2.59 bits per heavy atom. The van der Waals surface area contributed by atoms with E-state index in [9.17, 15) is 18.0 Å². The maximum absolute atomic E-state index is 13.4. The predicted octanol–water partition coefficient (Wildman–Crippen LogP) is 4.44. The van der Waals surface area contributed by atoms with Crippen molar-refractivity contribution in [3.8, 4) is 5.75 Å². The van der Waals surface area contributed by atoms with E-state index >= 15 is 0 Å². The average molecular weight is 428 g/mol. The predicted molar refractivity (Wildman–Crippen MR) is 108 cm³/mol. The van der Waals surface area contributed by atoms with Gasteiger partial charge in [0.05, 0.1) is 17.9 Å². The standard InChI is InChI=1S/C19H23F3N4O2S/c1-4-5-6-9-28-16-8-7-13(11-14(16)19(20,21)22)23-18(29)24-17(27)15-10-12(2)25-26(15)3/h7-8,10-11H,4-6,9H2,1-3H3,(H2,23,24,27,29). The number of nitrogens with one attached hydrogen (secondary N) is 2. The maximum atomic E-state index is 13.4. The number of unbranched alkanes of at least 4 members (excludes halogenated alkanes) is 2. The number of alkyl halides is 3. The van der Waals surface area contributed by atoms with Crippen molar-refractivity contribution in [3.05, 3.63) is 41.2 Å². The van der Waals surface area contributed by atoms with Crippen molar-refractivity contribution in [2.75, 3.05) is 11.9 Å². The van der Waals surface area contributed by atoms with E-state index in [2.05, 4.69) is 15.7 Å². The summed E-state index contributed by atoms with van der Waals surface area (Å²) >= 11 is 5.05. The monoisotopic (exact) mass is 428 g/mol. The van der Waals surface area contributed by atoms with Gasteiger partial charge < -0.3 is 10.1 Å². The van der Waals surface area contributed by atoms with Crippen LogP contribution in [0.3, 0.4) is 0 Å². The molecule has 158 valence electrons. The minimum Gasteiger partial charge on any atom is -0.493 e. The van der Waals surface area contributed by atoms with Gasteiger partial charge in [0.25, 0.3) is 5.91 Å². The summed E-state index contributed by atoms with van der Waals surface area (Å²) in [5.74, 6) is -0.753. The number of nitrogens with zero attached hydrogens (tertiary/aromatic N) is 2. The molecule has 0 bridgehead atoms. The first kappa shape index (κ1) is 22.7.